The maximum absolute atomic E-state index is 11.4. The summed E-state index contributed by atoms with van der Waals surface area (Å²) in [5.41, 5.74) is 12.1. The maximum atomic E-state index is 11.4. The minimum absolute atomic E-state index is 0.154. The summed E-state index contributed by atoms with van der Waals surface area (Å²) in [4.78, 5) is 11.4. The van der Waals surface area contributed by atoms with Gasteiger partial charge in [0.1, 0.15) is 0 Å². The molecule has 0 saturated carbocycles. The second-order valence-electron chi connectivity index (χ2n) is 4.42. The molecule has 1 aromatic rings. The van der Waals surface area contributed by atoms with Gasteiger partial charge in [0, 0.05) is 6.04 Å². The van der Waals surface area contributed by atoms with Crippen LogP contribution in [0.4, 0.5) is 0 Å². The molecule has 0 spiro atoms. The van der Waals surface area contributed by atoms with Crippen LogP contribution in [0.2, 0.25) is 0 Å². The Labute approximate surface area is 109 Å². The lowest BCUT2D eigenvalue weighted by Gasteiger charge is -2.23. The molecule has 18 heavy (non-hydrogen) atoms. The Hall–Kier alpha value is -1.39. The van der Waals surface area contributed by atoms with Crippen molar-refractivity contribution in [2.75, 3.05) is 6.54 Å². The quantitative estimate of drug-likeness (QED) is 0.650. The van der Waals surface area contributed by atoms with E-state index in [4.69, 9.17) is 11.5 Å². The molecule has 0 aromatic heterocycles. The Bertz CT molecular complexity index is 353. The van der Waals surface area contributed by atoms with E-state index in [0.717, 1.165) is 12.8 Å². The summed E-state index contributed by atoms with van der Waals surface area (Å²) in [6.45, 7) is 2.67. The summed E-state index contributed by atoms with van der Waals surface area (Å²) in [5, 5.41) is 3.32. The number of nitrogens with two attached hydrogens (primary N) is 2. The first-order chi connectivity index (χ1) is 8.69. The lowest BCUT2D eigenvalue weighted by molar-refractivity contribution is -0.120. The van der Waals surface area contributed by atoms with Gasteiger partial charge in [0.05, 0.1) is 6.04 Å². The number of rotatable bonds is 8. The van der Waals surface area contributed by atoms with Gasteiger partial charge >= 0.3 is 0 Å². The molecule has 0 heterocycles. The molecule has 5 N–H and O–H groups in total. The van der Waals surface area contributed by atoms with Gasteiger partial charge in [-0.05, 0) is 31.4 Å². The minimum atomic E-state index is -0.308. The first-order valence-electron chi connectivity index (χ1n) is 6.49. The van der Waals surface area contributed by atoms with Gasteiger partial charge in [0.25, 0.3) is 0 Å². The van der Waals surface area contributed by atoms with Crippen LogP contribution < -0.4 is 16.8 Å². The van der Waals surface area contributed by atoms with Gasteiger partial charge in [-0.25, -0.2) is 0 Å². The van der Waals surface area contributed by atoms with E-state index in [-0.39, 0.29) is 18.0 Å². The molecular formula is C14H23N3O. The number of nitrogens with one attached hydrogen (secondary N) is 1. The number of benzene rings is 1. The van der Waals surface area contributed by atoms with Crippen LogP contribution in [-0.4, -0.2) is 18.5 Å². The van der Waals surface area contributed by atoms with Crippen LogP contribution >= 0.6 is 0 Å². The Morgan fingerprint density at radius 2 is 2.00 bits per heavy atom. The van der Waals surface area contributed by atoms with E-state index in [1.807, 2.05) is 18.2 Å². The smallest absolute Gasteiger partial charge is 0.234 e. The molecule has 1 rings (SSSR count). The van der Waals surface area contributed by atoms with E-state index in [9.17, 15) is 4.79 Å². The molecule has 100 valence electrons. The van der Waals surface area contributed by atoms with Gasteiger partial charge in [-0.3, -0.25) is 10.1 Å². The summed E-state index contributed by atoms with van der Waals surface area (Å²) in [6.07, 6.45) is 2.40. The first kappa shape index (κ1) is 14.7. The fourth-order valence-corrected chi connectivity index (χ4v) is 2.01. The number of carbonyl (C=O) groups excluding carboxylic acids is 1. The predicted octanol–water partition coefficient (Wildman–Crippen LogP) is 1.32. The van der Waals surface area contributed by atoms with E-state index in [0.29, 0.717) is 13.0 Å². The molecule has 1 aromatic carbocycles. The van der Waals surface area contributed by atoms with Crippen LogP contribution in [0.5, 0.6) is 0 Å². The molecule has 0 bridgehead atoms. The maximum Gasteiger partial charge on any atom is 0.234 e. The molecule has 2 atom stereocenters. The van der Waals surface area contributed by atoms with Gasteiger partial charge in [0.15, 0.2) is 0 Å². The highest BCUT2D eigenvalue weighted by atomic mass is 16.1. The molecule has 4 heteroatoms. The first-order valence-corrected chi connectivity index (χ1v) is 6.49. The van der Waals surface area contributed by atoms with Crippen LogP contribution in [0.3, 0.4) is 0 Å². The summed E-state index contributed by atoms with van der Waals surface area (Å²) < 4.78 is 0. The molecular weight excluding hydrogens is 226 g/mol. The van der Waals surface area contributed by atoms with Crippen molar-refractivity contribution < 1.29 is 4.79 Å². The lowest BCUT2D eigenvalue weighted by Crippen LogP contribution is -2.43. The molecule has 0 aliphatic carbocycles. The zero-order valence-electron chi connectivity index (χ0n) is 10.9. The minimum Gasteiger partial charge on any atom is -0.368 e. The summed E-state index contributed by atoms with van der Waals surface area (Å²) >= 11 is 0. The van der Waals surface area contributed by atoms with Crippen LogP contribution in [0.15, 0.2) is 30.3 Å². The normalized spacial score (nSPS) is 14.1. The largest absolute Gasteiger partial charge is 0.368 e. The predicted molar refractivity (Wildman–Crippen MR) is 73.9 cm³/mol. The number of carbonyl (C=O) groups is 1. The van der Waals surface area contributed by atoms with E-state index >= 15 is 0 Å². The van der Waals surface area contributed by atoms with E-state index in [2.05, 4.69) is 24.4 Å². The molecule has 4 nitrogen and oxygen atoms in total. The Morgan fingerprint density at radius 1 is 1.33 bits per heavy atom. The second kappa shape index (κ2) is 7.84. The second-order valence-corrected chi connectivity index (χ2v) is 4.42. The zero-order chi connectivity index (χ0) is 13.4. The lowest BCUT2D eigenvalue weighted by atomic mass is 10.0. The van der Waals surface area contributed by atoms with Crippen LogP contribution in [0.25, 0.3) is 0 Å². The third-order valence-electron chi connectivity index (χ3n) is 3.05. The molecule has 0 aliphatic heterocycles. The fraction of sp³-hybridized carbons (Fsp3) is 0.500. The fourth-order valence-electron chi connectivity index (χ4n) is 2.01. The molecule has 1 amide bonds. The number of hydrogen-bond donors (Lipinski definition) is 3. The van der Waals surface area contributed by atoms with Gasteiger partial charge in [-0.2, -0.15) is 0 Å². The number of hydrogen-bond acceptors (Lipinski definition) is 3. The number of amides is 1. The zero-order valence-corrected chi connectivity index (χ0v) is 10.9. The standard InChI is InChI=1S/C14H23N3O/c1-2-12(11-7-4-3-5-8-11)17-13(14(16)18)9-6-10-15/h3-5,7-8,12-13,17H,2,6,9-10,15H2,1H3,(H2,16,18). The van der Waals surface area contributed by atoms with Crippen molar-refractivity contribution in [2.45, 2.75) is 38.3 Å². The molecule has 0 radical (unpaired) electrons. The third kappa shape index (κ3) is 4.47. The Morgan fingerprint density at radius 3 is 2.50 bits per heavy atom. The van der Waals surface area contributed by atoms with Gasteiger partial charge < -0.3 is 11.5 Å². The molecule has 2 unspecified atom stereocenters. The Balaban J connectivity index is 2.68. The van der Waals surface area contributed by atoms with Gasteiger partial charge in [-0.15, -0.1) is 0 Å². The highest BCUT2D eigenvalue weighted by Gasteiger charge is 2.19. The average Bonchev–Trinajstić information content (AvgIpc) is 2.39. The topological polar surface area (TPSA) is 81.1 Å². The van der Waals surface area contributed by atoms with E-state index < -0.39 is 0 Å². The monoisotopic (exact) mass is 249 g/mol. The van der Waals surface area contributed by atoms with Gasteiger partial charge in [0.2, 0.25) is 5.91 Å². The van der Waals surface area contributed by atoms with Crippen LogP contribution in [-0.2, 0) is 4.79 Å². The Kier molecular flexibility index (Phi) is 6.39. The number of primary amides is 1. The van der Waals surface area contributed by atoms with Crippen molar-refractivity contribution >= 4 is 5.91 Å². The summed E-state index contributed by atoms with van der Waals surface area (Å²) in [5.74, 6) is -0.308. The van der Waals surface area contributed by atoms with Crippen molar-refractivity contribution in [3.63, 3.8) is 0 Å². The van der Waals surface area contributed by atoms with Crippen LogP contribution in [0.1, 0.15) is 37.8 Å². The van der Waals surface area contributed by atoms with E-state index in [1.54, 1.807) is 0 Å². The molecule has 0 aliphatic rings. The van der Waals surface area contributed by atoms with Crippen molar-refractivity contribution in [3.8, 4) is 0 Å². The average molecular weight is 249 g/mol. The SMILES string of the molecule is CCC(NC(CCCN)C(N)=O)c1ccccc1. The third-order valence-corrected chi connectivity index (χ3v) is 3.05. The van der Waals surface area contributed by atoms with Crippen molar-refractivity contribution in [3.05, 3.63) is 35.9 Å². The van der Waals surface area contributed by atoms with Crippen LogP contribution in [0, 0.1) is 0 Å². The molecule has 0 saturated heterocycles. The summed E-state index contributed by atoms with van der Waals surface area (Å²) in [7, 11) is 0. The summed E-state index contributed by atoms with van der Waals surface area (Å²) in [6, 6.07) is 9.94. The highest BCUT2D eigenvalue weighted by Crippen LogP contribution is 2.17. The van der Waals surface area contributed by atoms with E-state index in [1.165, 1.54) is 5.56 Å². The van der Waals surface area contributed by atoms with Gasteiger partial charge in [-0.1, -0.05) is 37.3 Å². The van der Waals surface area contributed by atoms with Crippen molar-refractivity contribution in [1.82, 2.24) is 5.32 Å². The highest BCUT2D eigenvalue weighted by molar-refractivity contribution is 5.79. The van der Waals surface area contributed by atoms with Crippen molar-refractivity contribution in [1.29, 1.82) is 0 Å². The van der Waals surface area contributed by atoms with Crippen molar-refractivity contribution in [2.24, 2.45) is 11.5 Å². The molecule has 0 fully saturated rings.